The van der Waals surface area contributed by atoms with Crippen LogP contribution < -0.4 is 5.73 Å². The van der Waals surface area contributed by atoms with Gasteiger partial charge in [-0.3, -0.25) is 0 Å². The highest BCUT2D eigenvalue weighted by Gasteiger charge is 2.29. The van der Waals surface area contributed by atoms with Gasteiger partial charge in [-0.1, -0.05) is 36.4 Å². The predicted octanol–water partition coefficient (Wildman–Crippen LogP) is 2.05. The SMILES string of the molecule is NCC1CCSc2c1c1ccccc1n2-c1ccccc1.O=C(O)C(O)C(O)C(=O)O. The first-order chi connectivity index (χ1) is 14.9. The third-order valence-electron chi connectivity index (χ3n) is 5.09. The second-order valence-electron chi connectivity index (χ2n) is 7.04. The van der Waals surface area contributed by atoms with Gasteiger partial charge < -0.3 is 30.7 Å². The van der Waals surface area contributed by atoms with E-state index in [-0.39, 0.29) is 0 Å². The van der Waals surface area contributed by atoms with Crippen molar-refractivity contribution in [3.05, 3.63) is 60.2 Å². The topological polar surface area (TPSA) is 146 Å². The number of aliphatic hydroxyl groups is 2. The number of hydrogen-bond donors (Lipinski definition) is 5. The number of fused-ring (bicyclic) bond motifs is 3. The zero-order valence-electron chi connectivity index (χ0n) is 16.6. The van der Waals surface area contributed by atoms with Gasteiger partial charge in [-0.05, 0) is 36.7 Å². The smallest absolute Gasteiger partial charge is 0.335 e. The van der Waals surface area contributed by atoms with Crippen LogP contribution in [0.5, 0.6) is 0 Å². The van der Waals surface area contributed by atoms with E-state index in [9.17, 15) is 9.59 Å². The molecule has 8 nitrogen and oxygen atoms in total. The second kappa shape index (κ2) is 9.97. The number of carbonyl (C=O) groups is 2. The van der Waals surface area contributed by atoms with Gasteiger partial charge in [-0.15, -0.1) is 11.8 Å². The third-order valence-corrected chi connectivity index (χ3v) is 6.20. The van der Waals surface area contributed by atoms with Gasteiger partial charge in [0.05, 0.1) is 10.5 Å². The Balaban J connectivity index is 0.000000233. The molecule has 1 aromatic heterocycles. The molecule has 0 spiro atoms. The number of nitrogens with zero attached hydrogens (tertiary/aromatic N) is 1. The van der Waals surface area contributed by atoms with Gasteiger partial charge in [0, 0.05) is 22.7 Å². The van der Waals surface area contributed by atoms with E-state index in [1.165, 1.54) is 33.6 Å². The first-order valence-corrected chi connectivity index (χ1v) is 10.7. The number of carboxylic acids is 2. The molecule has 6 N–H and O–H groups in total. The summed E-state index contributed by atoms with van der Waals surface area (Å²) in [6, 6.07) is 19.3. The van der Waals surface area contributed by atoms with E-state index in [1.807, 2.05) is 11.8 Å². The maximum atomic E-state index is 9.77. The van der Waals surface area contributed by atoms with Crippen LogP contribution in [0.25, 0.3) is 16.6 Å². The van der Waals surface area contributed by atoms with E-state index in [0.29, 0.717) is 5.92 Å². The van der Waals surface area contributed by atoms with E-state index >= 15 is 0 Å². The maximum Gasteiger partial charge on any atom is 0.335 e. The number of aliphatic carboxylic acids is 2. The molecule has 31 heavy (non-hydrogen) atoms. The Labute approximate surface area is 182 Å². The fourth-order valence-electron chi connectivity index (χ4n) is 3.56. The highest BCUT2D eigenvalue weighted by Crippen LogP contribution is 2.44. The number of aliphatic hydroxyl groups excluding tert-OH is 2. The monoisotopic (exact) mass is 444 g/mol. The minimum atomic E-state index is -2.27. The fourth-order valence-corrected chi connectivity index (χ4v) is 4.92. The fraction of sp³-hybridized carbons (Fsp3) is 0.273. The lowest BCUT2D eigenvalue weighted by molar-refractivity contribution is -0.165. The van der Waals surface area contributed by atoms with Crippen molar-refractivity contribution in [2.75, 3.05) is 12.3 Å². The number of nitrogens with two attached hydrogens (primary N) is 1. The van der Waals surface area contributed by atoms with Crippen LogP contribution in [0.2, 0.25) is 0 Å². The minimum absolute atomic E-state index is 0.483. The number of aromatic nitrogens is 1. The molecular weight excluding hydrogens is 420 g/mol. The van der Waals surface area contributed by atoms with Crippen LogP contribution in [0.1, 0.15) is 17.9 Å². The Kier molecular flexibility index (Phi) is 7.34. The highest BCUT2D eigenvalue weighted by molar-refractivity contribution is 7.99. The standard InChI is InChI=1S/C18H18N2S.C4H6O6/c19-12-13-10-11-21-18-17(13)15-8-4-5-9-16(15)20(18)14-6-2-1-3-7-14;5-1(3(7)8)2(6)4(9)10/h1-9,13H,10-12,19H2;1-2,5-6H,(H,7,8)(H,9,10). The van der Waals surface area contributed by atoms with Crippen molar-refractivity contribution in [2.24, 2.45) is 5.73 Å². The van der Waals surface area contributed by atoms with Gasteiger partial charge >= 0.3 is 11.9 Å². The van der Waals surface area contributed by atoms with Crippen LogP contribution >= 0.6 is 11.8 Å². The van der Waals surface area contributed by atoms with E-state index in [1.54, 1.807) is 0 Å². The van der Waals surface area contributed by atoms with Crippen molar-refractivity contribution >= 4 is 34.6 Å². The summed E-state index contributed by atoms with van der Waals surface area (Å²) in [5.74, 6) is -1.90. The first kappa shape index (κ1) is 22.8. The Morgan fingerprint density at radius 3 is 2.16 bits per heavy atom. The van der Waals surface area contributed by atoms with Crippen LogP contribution in [0, 0.1) is 0 Å². The second-order valence-corrected chi connectivity index (χ2v) is 8.13. The number of carboxylic acid groups (broad SMARTS) is 2. The van der Waals surface area contributed by atoms with Crippen LogP contribution in [0.4, 0.5) is 0 Å². The third kappa shape index (κ3) is 4.75. The maximum absolute atomic E-state index is 9.77. The molecule has 1 aliphatic rings. The lowest BCUT2D eigenvalue weighted by Crippen LogP contribution is -2.39. The zero-order valence-corrected chi connectivity index (χ0v) is 17.4. The van der Waals surface area contributed by atoms with Gasteiger partial charge in [0.15, 0.2) is 12.2 Å². The average Bonchev–Trinajstić information content (AvgIpc) is 3.13. The van der Waals surface area contributed by atoms with Crippen molar-refractivity contribution in [3.63, 3.8) is 0 Å². The molecule has 0 saturated carbocycles. The number of thioether (sulfide) groups is 1. The molecule has 2 heterocycles. The van der Waals surface area contributed by atoms with Gasteiger partial charge in [-0.25, -0.2) is 9.59 Å². The van der Waals surface area contributed by atoms with Gasteiger partial charge in [0.25, 0.3) is 0 Å². The Morgan fingerprint density at radius 1 is 1.00 bits per heavy atom. The lowest BCUT2D eigenvalue weighted by atomic mass is 9.96. The number of benzene rings is 2. The van der Waals surface area contributed by atoms with E-state index in [4.69, 9.17) is 26.2 Å². The summed E-state index contributed by atoms with van der Waals surface area (Å²) in [7, 11) is 0. The van der Waals surface area contributed by atoms with E-state index in [2.05, 4.69) is 59.2 Å². The number of para-hydroxylation sites is 2. The summed E-state index contributed by atoms with van der Waals surface area (Å²) in [6.45, 7) is 0.732. The molecule has 0 fully saturated rings. The number of rotatable bonds is 5. The number of hydrogen-bond acceptors (Lipinski definition) is 6. The predicted molar refractivity (Wildman–Crippen MR) is 118 cm³/mol. The van der Waals surface area contributed by atoms with Crippen molar-refractivity contribution in [1.29, 1.82) is 0 Å². The van der Waals surface area contributed by atoms with Crippen LogP contribution in [0.3, 0.4) is 0 Å². The molecule has 3 atom stereocenters. The van der Waals surface area contributed by atoms with Gasteiger partial charge in [0.1, 0.15) is 0 Å². The minimum Gasteiger partial charge on any atom is -0.479 e. The summed E-state index contributed by atoms with van der Waals surface area (Å²) in [6.07, 6.45) is -3.35. The Bertz CT molecular complexity index is 1050. The summed E-state index contributed by atoms with van der Waals surface area (Å²) >= 11 is 1.96. The van der Waals surface area contributed by atoms with Gasteiger partial charge in [0.2, 0.25) is 0 Å². The quantitative estimate of drug-likeness (QED) is 0.402. The highest BCUT2D eigenvalue weighted by atomic mass is 32.2. The summed E-state index contributed by atoms with van der Waals surface area (Å²) in [4.78, 5) is 19.5. The summed E-state index contributed by atoms with van der Waals surface area (Å²) < 4.78 is 2.40. The van der Waals surface area contributed by atoms with Crippen molar-refractivity contribution in [2.45, 2.75) is 29.6 Å². The van der Waals surface area contributed by atoms with Gasteiger partial charge in [-0.2, -0.15) is 0 Å². The first-order valence-electron chi connectivity index (χ1n) is 9.70. The van der Waals surface area contributed by atoms with Crippen LogP contribution in [-0.2, 0) is 9.59 Å². The van der Waals surface area contributed by atoms with Crippen LogP contribution in [-0.4, -0.2) is 61.4 Å². The van der Waals surface area contributed by atoms with Crippen molar-refractivity contribution in [1.82, 2.24) is 4.57 Å². The molecule has 4 rings (SSSR count). The average molecular weight is 445 g/mol. The summed E-state index contributed by atoms with van der Waals surface area (Å²) in [5, 5.41) is 35.3. The molecule has 0 aliphatic carbocycles. The molecule has 0 radical (unpaired) electrons. The molecule has 3 aromatic rings. The normalized spacial score (nSPS) is 17.2. The Hall–Kier alpha value is -2.85. The Morgan fingerprint density at radius 2 is 1.58 bits per heavy atom. The molecule has 2 aromatic carbocycles. The lowest BCUT2D eigenvalue weighted by Gasteiger charge is -2.22. The molecule has 1 aliphatic heterocycles. The van der Waals surface area contributed by atoms with Crippen molar-refractivity contribution < 1.29 is 30.0 Å². The van der Waals surface area contributed by atoms with Crippen LogP contribution in [0.15, 0.2) is 59.6 Å². The van der Waals surface area contributed by atoms with E-state index in [0.717, 1.165) is 12.3 Å². The molecule has 0 saturated heterocycles. The molecular formula is C22H24N2O6S. The van der Waals surface area contributed by atoms with E-state index < -0.39 is 24.1 Å². The van der Waals surface area contributed by atoms with Crippen molar-refractivity contribution in [3.8, 4) is 5.69 Å². The largest absolute Gasteiger partial charge is 0.479 e. The molecule has 164 valence electrons. The molecule has 3 unspecified atom stereocenters. The molecule has 0 bridgehead atoms. The zero-order chi connectivity index (χ0) is 22.5. The molecule has 9 heteroatoms. The summed E-state index contributed by atoms with van der Waals surface area (Å²) in [5.41, 5.74) is 10.0. The molecule has 0 amide bonds.